The lowest BCUT2D eigenvalue weighted by molar-refractivity contribution is -0.117. The SMILES string of the molecule is Cl.Cl.O=C(Nc1ccc2ccccc2n1)C1CCCN1. The predicted molar refractivity (Wildman–Crippen MR) is 85.9 cm³/mol. The van der Waals surface area contributed by atoms with Gasteiger partial charge in [0.1, 0.15) is 5.82 Å². The first-order chi connectivity index (χ1) is 8.83. The number of halogens is 2. The van der Waals surface area contributed by atoms with Crippen LogP contribution in [0.4, 0.5) is 5.82 Å². The molecule has 1 fully saturated rings. The molecule has 0 bridgehead atoms. The topological polar surface area (TPSA) is 54.0 Å². The van der Waals surface area contributed by atoms with Crippen LogP contribution in [0, 0.1) is 0 Å². The third-order valence-corrected chi connectivity index (χ3v) is 3.23. The summed E-state index contributed by atoms with van der Waals surface area (Å²) in [6.07, 6.45) is 1.96. The van der Waals surface area contributed by atoms with Crippen LogP contribution in [0.25, 0.3) is 10.9 Å². The highest BCUT2D eigenvalue weighted by Gasteiger charge is 2.22. The highest BCUT2D eigenvalue weighted by atomic mass is 35.5. The Labute approximate surface area is 130 Å². The molecule has 1 unspecified atom stereocenters. The maximum Gasteiger partial charge on any atom is 0.242 e. The fourth-order valence-corrected chi connectivity index (χ4v) is 2.26. The van der Waals surface area contributed by atoms with Crippen molar-refractivity contribution in [2.45, 2.75) is 18.9 Å². The zero-order chi connectivity index (χ0) is 12.4. The van der Waals surface area contributed by atoms with E-state index in [1.807, 2.05) is 36.4 Å². The molecule has 0 saturated carbocycles. The van der Waals surface area contributed by atoms with Gasteiger partial charge in [-0.05, 0) is 37.6 Å². The summed E-state index contributed by atoms with van der Waals surface area (Å²) >= 11 is 0. The van der Waals surface area contributed by atoms with Crippen molar-refractivity contribution in [3.05, 3.63) is 36.4 Å². The maximum atomic E-state index is 11.9. The zero-order valence-electron chi connectivity index (χ0n) is 10.8. The average Bonchev–Trinajstić information content (AvgIpc) is 2.92. The number of rotatable bonds is 2. The molecule has 1 aromatic carbocycles. The molecule has 0 radical (unpaired) electrons. The average molecular weight is 314 g/mol. The smallest absolute Gasteiger partial charge is 0.242 e. The van der Waals surface area contributed by atoms with Crippen molar-refractivity contribution in [2.75, 3.05) is 11.9 Å². The summed E-state index contributed by atoms with van der Waals surface area (Å²) in [5, 5.41) is 7.12. The van der Waals surface area contributed by atoms with E-state index in [9.17, 15) is 4.79 Å². The molecule has 2 N–H and O–H groups in total. The fourth-order valence-electron chi connectivity index (χ4n) is 2.26. The number of nitrogens with one attached hydrogen (secondary N) is 2. The molecule has 6 heteroatoms. The Bertz CT molecular complexity index is 585. The Hall–Kier alpha value is -1.36. The summed E-state index contributed by atoms with van der Waals surface area (Å²) in [6, 6.07) is 11.6. The number of amides is 1. The summed E-state index contributed by atoms with van der Waals surface area (Å²) in [7, 11) is 0. The molecule has 3 rings (SSSR count). The first-order valence-electron chi connectivity index (χ1n) is 6.23. The van der Waals surface area contributed by atoms with Gasteiger partial charge in [-0.3, -0.25) is 4.79 Å². The second kappa shape index (κ2) is 7.43. The van der Waals surface area contributed by atoms with Crippen molar-refractivity contribution in [3.63, 3.8) is 0 Å². The summed E-state index contributed by atoms with van der Waals surface area (Å²) < 4.78 is 0. The quantitative estimate of drug-likeness (QED) is 0.896. The van der Waals surface area contributed by atoms with E-state index in [1.54, 1.807) is 0 Å². The van der Waals surface area contributed by atoms with E-state index >= 15 is 0 Å². The Balaban J connectivity index is 0.000001000. The van der Waals surface area contributed by atoms with Crippen molar-refractivity contribution in [3.8, 4) is 0 Å². The van der Waals surface area contributed by atoms with Gasteiger partial charge >= 0.3 is 0 Å². The number of para-hydroxylation sites is 1. The van der Waals surface area contributed by atoms with Crippen molar-refractivity contribution in [1.29, 1.82) is 0 Å². The second-order valence-corrected chi connectivity index (χ2v) is 4.53. The first-order valence-corrected chi connectivity index (χ1v) is 6.23. The Morgan fingerprint density at radius 2 is 2.00 bits per heavy atom. The van der Waals surface area contributed by atoms with Crippen molar-refractivity contribution in [1.82, 2.24) is 10.3 Å². The van der Waals surface area contributed by atoms with Crippen LogP contribution in [0.5, 0.6) is 0 Å². The highest BCUT2D eigenvalue weighted by molar-refractivity contribution is 5.95. The first kappa shape index (κ1) is 16.7. The normalized spacial score (nSPS) is 17.1. The van der Waals surface area contributed by atoms with Gasteiger partial charge in [0.25, 0.3) is 0 Å². The minimum absolute atomic E-state index is 0. The molecule has 1 atom stereocenters. The van der Waals surface area contributed by atoms with Crippen molar-refractivity contribution in [2.24, 2.45) is 0 Å². The lowest BCUT2D eigenvalue weighted by Crippen LogP contribution is -2.35. The van der Waals surface area contributed by atoms with Crippen LogP contribution in [0.1, 0.15) is 12.8 Å². The molecule has 1 saturated heterocycles. The van der Waals surface area contributed by atoms with Crippen LogP contribution < -0.4 is 10.6 Å². The monoisotopic (exact) mass is 313 g/mol. The molecule has 4 nitrogen and oxygen atoms in total. The molecular formula is C14H17Cl2N3O. The van der Waals surface area contributed by atoms with E-state index in [-0.39, 0.29) is 36.8 Å². The number of carbonyl (C=O) groups excluding carboxylic acids is 1. The standard InChI is InChI=1S/C14H15N3O.2ClH/c18-14(12-6-3-9-15-12)17-13-8-7-10-4-1-2-5-11(10)16-13;;/h1-2,4-5,7-8,12,15H,3,6,9H2,(H,16,17,18);2*1H. The van der Waals surface area contributed by atoms with Gasteiger partial charge in [-0.25, -0.2) is 4.98 Å². The minimum Gasteiger partial charge on any atom is -0.309 e. The molecule has 2 aromatic rings. The third kappa shape index (κ3) is 3.60. The number of hydrogen-bond donors (Lipinski definition) is 2. The van der Waals surface area contributed by atoms with Gasteiger partial charge in [-0.1, -0.05) is 18.2 Å². The predicted octanol–water partition coefficient (Wildman–Crippen LogP) is 2.77. The lowest BCUT2D eigenvalue weighted by atomic mass is 10.2. The van der Waals surface area contributed by atoms with E-state index in [0.717, 1.165) is 30.3 Å². The van der Waals surface area contributed by atoms with Gasteiger partial charge in [0.15, 0.2) is 0 Å². The maximum absolute atomic E-state index is 11.9. The number of carbonyl (C=O) groups is 1. The number of nitrogens with zero attached hydrogens (tertiary/aromatic N) is 1. The minimum atomic E-state index is -0.0710. The van der Waals surface area contributed by atoms with E-state index in [0.29, 0.717) is 5.82 Å². The highest BCUT2D eigenvalue weighted by Crippen LogP contribution is 2.15. The van der Waals surface area contributed by atoms with E-state index < -0.39 is 0 Å². The number of pyridine rings is 1. The molecule has 0 spiro atoms. The number of aromatic nitrogens is 1. The van der Waals surface area contributed by atoms with Gasteiger partial charge in [0.05, 0.1) is 11.6 Å². The summed E-state index contributed by atoms with van der Waals surface area (Å²) in [6.45, 7) is 0.920. The van der Waals surface area contributed by atoms with Gasteiger partial charge in [-0.15, -0.1) is 24.8 Å². The zero-order valence-corrected chi connectivity index (χ0v) is 12.5. The molecule has 1 aliphatic heterocycles. The van der Waals surface area contributed by atoms with Crippen molar-refractivity contribution >= 4 is 47.4 Å². The third-order valence-electron chi connectivity index (χ3n) is 3.23. The van der Waals surface area contributed by atoms with E-state index in [4.69, 9.17) is 0 Å². The van der Waals surface area contributed by atoms with Gasteiger partial charge < -0.3 is 10.6 Å². The number of fused-ring (bicyclic) bond motifs is 1. The number of anilines is 1. The Morgan fingerprint density at radius 3 is 2.75 bits per heavy atom. The molecule has 2 heterocycles. The molecular weight excluding hydrogens is 297 g/mol. The van der Waals surface area contributed by atoms with E-state index in [2.05, 4.69) is 15.6 Å². The summed E-state index contributed by atoms with van der Waals surface area (Å²) in [4.78, 5) is 16.4. The molecule has 1 aliphatic rings. The van der Waals surface area contributed by atoms with Crippen LogP contribution in [-0.2, 0) is 4.79 Å². The van der Waals surface area contributed by atoms with E-state index in [1.165, 1.54) is 0 Å². The van der Waals surface area contributed by atoms with Crippen LogP contribution in [0.15, 0.2) is 36.4 Å². The largest absolute Gasteiger partial charge is 0.309 e. The van der Waals surface area contributed by atoms with Crippen molar-refractivity contribution < 1.29 is 4.79 Å². The summed E-state index contributed by atoms with van der Waals surface area (Å²) in [5.41, 5.74) is 0.898. The second-order valence-electron chi connectivity index (χ2n) is 4.53. The molecule has 1 aromatic heterocycles. The molecule has 20 heavy (non-hydrogen) atoms. The molecule has 0 aliphatic carbocycles. The van der Waals surface area contributed by atoms with Crippen LogP contribution >= 0.6 is 24.8 Å². The summed E-state index contributed by atoms with van der Waals surface area (Å²) in [5.74, 6) is 0.627. The van der Waals surface area contributed by atoms with Gasteiger partial charge in [0.2, 0.25) is 5.91 Å². The van der Waals surface area contributed by atoms with Gasteiger partial charge in [-0.2, -0.15) is 0 Å². The number of hydrogen-bond acceptors (Lipinski definition) is 3. The lowest BCUT2D eigenvalue weighted by Gasteiger charge is -2.10. The van der Waals surface area contributed by atoms with Crippen LogP contribution in [-0.4, -0.2) is 23.5 Å². The Kier molecular flexibility index (Phi) is 6.20. The van der Waals surface area contributed by atoms with Crippen LogP contribution in [0.3, 0.4) is 0 Å². The van der Waals surface area contributed by atoms with Gasteiger partial charge in [0, 0.05) is 5.39 Å². The molecule has 108 valence electrons. The van der Waals surface area contributed by atoms with Crippen LogP contribution in [0.2, 0.25) is 0 Å². The number of benzene rings is 1. The Morgan fingerprint density at radius 1 is 1.20 bits per heavy atom. The fraction of sp³-hybridized carbons (Fsp3) is 0.286. The molecule has 1 amide bonds.